The lowest BCUT2D eigenvalue weighted by molar-refractivity contribution is -0.148. The highest BCUT2D eigenvalue weighted by molar-refractivity contribution is 5.82. The molecule has 4 heteroatoms. The topological polar surface area (TPSA) is 41.6 Å². The number of nitrogens with zero attached hydrogens (tertiary/aromatic N) is 1. The summed E-state index contributed by atoms with van der Waals surface area (Å²) in [4.78, 5) is 11.7. The van der Waals surface area contributed by atoms with Crippen molar-refractivity contribution in [3.63, 3.8) is 0 Å². The molecular weight excluding hydrogens is 192 g/mol. The first-order valence-corrected chi connectivity index (χ1v) is 4.99. The molecule has 0 spiro atoms. The van der Waals surface area contributed by atoms with Crippen LogP contribution in [0.4, 0.5) is 5.69 Å². The zero-order chi connectivity index (χ0) is 10.8. The number of hydrazine groups is 1. The number of hydrogen-bond acceptors (Lipinski definition) is 4. The van der Waals surface area contributed by atoms with Crippen LogP contribution in [0.5, 0.6) is 0 Å². The molecule has 1 aromatic rings. The van der Waals surface area contributed by atoms with E-state index in [4.69, 9.17) is 4.74 Å². The van der Waals surface area contributed by atoms with Crippen molar-refractivity contribution in [2.75, 3.05) is 19.1 Å². The number of hydrogen-bond donors (Lipinski definition) is 1. The normalized spacial score (nSPS) is 19.5. The molecule has 4 nitrogen and oxygen atoms in total. The largest absolute Gasteiger partial charge is 0.465 e. The van der Waals surface area contributed by atoms with E-state index in [0.717, 1.165) is 11.3 Å². The summed E-state index contributed by atoms with van der Waals surface area (Å²) in [7, 11) is 1.83. The minimum absolute atomic E-state index is 0.211. The number of ether oxygens (including phenoxy) is 1. The van der Waals surface area contributed by atoms with Gasteiger partial charge in [0.25, 0.3) is 0 Å². The molecule has 1 aliphatic heterocycles. The summed E-state index contributed by atoms with van der Waals surface area (Å²) in [5.41, 5.74) is 5.06. The van der Waals surface area contributed by atoms with Gasteiger partial charge in [-0.2, -0.15) is 0 Å². The number of likely N-dealkylation sites (N-methyl/N-ethyl adjacent to an activating group) is 1. The maximum atomic E-state index is 11.7. The Hall–Kier alpha value is -1.55. The predicted octanol–water partition coefficient (Wildman–Crippen LogP) is 1.56. The first-order chi connectivity index (χ1) is 7.24. The molecule has 80 valence electrons. The van der Waals surface area contributed by atoms with Gasteiger partial charge in [0.05, 0.1) is 12.3 Å². The zero-order valence-electron chi connectivity index (χ0n) is 8.86. The molecule has 1 heterocycles. The SMILES string of the molecule is CCOC(=O)C1c2ccccc2NN1C. The average Bonchev–Trinajstić information content (AvgIpc) is 2.54. The fraction of sp³-hybridized carbons (Fsp3) is 0.364. The monoisotopic (exact) mass is 206 g/mol. The second-order valence-corrected chi connectivity index (χ2v) is 3.46. The van der Waals surface area contributed by atoms with Gasteiger partial charge in [-0.25, -0.2) is 9.80 Å². The summed E-state index contributed by atoms with van der Waals surface area (Å²) < 4.78 is 5.03. The highest BCUT2D eigenvalue weighted by Gasteiger charge is 2.33. The van der Waals surface area contributed by atoms with E-state index >= 15 is 0 Å². The third kappa shape index (κ3) is 1.68. The summed E-state index contributed by atoms with van der Waals surface area (Å²) in [6.45, 7) is 2.22. The van der Waals surface area contributed by atoms with E-state index in [2.05, 4.69) is 5.43 Å². The molecule has 1 aliphatic rings. The first-order valence-electron chi connectivity index (χ1n) is 4.99. The van der Waals surface area contributed by atoms with Crippen molar-refractivity contribution in [1.82, 2.24) is 5.01 Å². The molecule has 1 atom stereocenters. The van der Waals surface area contributed by atoms with Gasteiger partial charge in [-0.15, -0.1) is 0 Å². The second kappa shape index (κ2) is 3.90. The summed E-state index contributed by atoms with van der Waals surface area (Å²) in [5.74, 6) is -0.211. The fourth-order valence-corrected chi connectivity index (χ4v) is 1.81. The minimum Gasteiger partial charge on any atom is -0.465 e. The van der Waals surface area contributed by atoms with Gasteiger partial charge in [0.15, 0.2) is 6.04 Å². The van der Waals surface area contributed by atoms with Crippen molar-refractivity contribution >= 4 is 11.7 Å². The van der Waals surface area contributed by atoms with Gasteiger partial charge in [0.1, 0.15) is 0 Å². The number of carbonyl (C=O) groups is 1. The molecule has 0 aliphatic carbocycles. The lowest BCUT2D eigenvalue weighted by atomic mass is 10.1. The Morgan fingerprint density at radius 2 is 2.27 bits per heavy atom. The minimum atomic E-state index is -0.332. The van der Waals surface area contributed by atoms with Gasteiger partial charge in [-0.05, 0) is 13.0 Å². The molecule has 0 bridgehead atoms. The van der Waals surface area contributed by atoms with E-state index in [1.807, 2.05) is 38.2 Å². The predicted molar refractivity (Wildman–Crippen MR) is 57.2 cm³/mol. The van der Waals surface area contributed by atoms with Crippen molar-refractivity contribution in [2.24, 2.45) is 0 Å². The average molecular weight is 206 g/mol. The molecule has 0 fully saturated rings. The highest BCUT2D eigenvalue weighted by atomic mass is 16.5. The Morgan fingerprint density at radius 3 is 3.00 bits per heavy atom. The lowest BCUT2D eigenvalue weighted by Crippen LogP contribution is -2.30. The Labute approximate surface area is 88.8 Å². The van der Waals surface area contributed by atoms with Crippen LogP contribution in [0.2, 0.25) is 0 Å². The summed E-state index contributed by atoms with van der Waals surface area (Å²) in [6, 6.07) is 7.42. The molecule has 1 aromatic carbocycles. The zero-order valence-corrected chi connectivity index (χ0v) is 8.86. The number of fused-ring (bicyclic) bond motifs is 1. The second-order valence-electron chi connectivity index (χ2n) is 3.46. The van der Waals surface area contributed by atoms with Crippen LogP contribution < -0.4 is 5.43 Å². The molecule has 0 radical (unpaired) electrons. The molecular formula is C11H14N2O2. The maximum Gasteiger partial charge on any atom is 0.329 e. The van der Waals surface area contributed by atoms with Gasteiger partial charge >= 0.3 is 5.97 Å². The summed E-state index contributed by atoms with van der Waals surface area (Å²) in [6.07, 6.45) is 0. The van der Waals surface area contributed by atoms with Gasteiger partial charge in [-0.3, -0.25) is 0 Å². The summed E-state index contributed by atoms with van der Waals surface area (Å²) in [5, 5.41) is 1.77. The first kappa shape index (κ1) is 9.98. The van der Waals surface area contributed by atoms with Crippen LogP contribution in [0.25, 0.3) is 0 Å². The third-order valence-electron chi connectivity index (χ3n) is 2.45. The van der Waals surface area contributed by atoms with Crippen LogP contribution in [0.15, 0.2) is 24.3 Å². The van der Waals surface area contributed by atoms with E-state index in [9.17, 15) is 4.79 Å². The number of para-hydroxylation sites is 1. The van der Waals surface area contributed by atoms with E-state index in [-0.39, 0.29) is 12.0 Å². The number of benzene rings is 1. The van der Waals surface area contributed by atoms with Crippen LogP contribution in [-0.2, 0) is 9.53 Å². The number of rotatable bonds is 2. The Morgan fingerprint density at radius 1 is 1.53 bits per heavy atom. The van der Waals surface area contributed by atoms with E-state index in [0.29, 0.717) is 6.61 Å². The van der Waals surface area contributed by atoms with Crippen molar-refractivity contribution in [2.45, 2.75) is 13.0 Å². The molecule has 2 rings (SSSR count). The molecule has 0 amide bonds. The molecule has 1 unspecified atom stereocenters. The van der Waals surface area contributed by atoms with Crippen molar-refractivity contribution < 1.29 is 9.53 Å². The third-order valence-corrected chi connectivity index (χ3v) is 2.45. The Bertz CT molecular complexity index is 379. The quantitative estimate of drug-likeness (QED) is 0.746. The summed E-state index contributed by atoms with van der Waals surface area (Å²) >= 11 is 0. The van der Waals surface area contributed by atoms with Crippen LogP contribution in [0, 0.1) is 0 Å². The van der Waals surface area contributed by atoms with Crippen LogP contribution in [-0.4, -0.2) is 24.6 Å². The van der Waals surface area contributed by atoms with Crippen LogP contribution in [0.3, 0.4) is 0 Å². The Balaban J connectivity index is 2.29. The van der Waals surface area contributed by atoms with E-state index in [1.54, 1.807) is 5.01 Å². The van der Waals surface area contributed by atoms with Crippen LogP contribution in [0.1, 0.15) is 18.5 Å². The number of carbonyl (C=O) groups excluding carboxylic acids is 1. The molecule has 0 saturated carbocycles. The van der Waals surface area contributed by atoms with Gasteiger partial charge < -0.3 is 10.2 Å². The smallest absolute Gasteiger partial charge is 0.329 e. The maximum absolute atomic E-state index is 11.7. The molecule has 1 N–H and O–H groups in total. The van der Waals surface area contributed by atoms with Gasteiger partial charge in [0, 0.05) is 12.6 Å². The van der Waals surface area contributed by atoms with E-state index in [1.165, 1.54) is 0 Å². The molecule has 0 saturated heterocycles. The number of nitrogens with one attached hydrogen (secondary N) is 1. The fourth-order valence-electron chi connectivity index (χ4n) is 1.81. The van der Waals surface area contributed by atoms with Crippen molar-refractivity contribution in [3.05, 3.63) is 29.8 Å². The van der Waals surface area contributed by atoms with Gasteiger partial charge in [0.2, 0.25) is 0 Å². The molecule has 15 heavy (non-hydrogen) atoms. The highest BCUT2D eigenvalue weighted by Crippen LogP contribution is 2.34. The number of esters is 1. The lowest BCUT2D eigenvalue weighted by Gasteiger charge is -2.17. The Kier molecular flexibility index (Phi) is 2.60. The standard InChI is InChI=1S/C11H14N2O2/c1-3-15-11(14)10-8-6-4-5-7-9(8)12-13(10)2/h4-7,10,12H,3H2,1-2H3. The van der Waals surface area contributed by atoms with Gasteiger partial charge in [-0.1, -0.05) is 18.2 Å². The van der Waals surface area contributed by atoms with E-state index < -0.39 is 0 Å². The van der Waals surface area contributed by atoms with Crippen molar-refractivity contribution in [3.8, 4) is 0 Å². The molecule has 0 aromatic heterocycles. The number of anilines is 1. The van der Waals surface area contributed by atoms with Crippen molar-refractivity contribution in [1.29, 1.82) is 0 Å². The van der Waals surface area contributed by atoms with Crippen LogP contribution >= 0.6 is 0 Å².